The van der Waals surface area contributed by atoms with Gasteiger partial charge in [0.1, 0.15) is 0 Å². The second kappa shape index (κ2) is 5.43. The first-order valence-electron chi connectivity index (χ1n) is 5.95. The van der Waals surface area contributed by atoms with Gasteiger partial charge >= 0.3 is 0 Å². The van der Waals surface area contributed by atoms with Crippen LogP contribution in [0.1, 0.15) is 17.5 Å². The standard InChI is InChI=1S/C13H20N2O/c14-13(10-16)6-8-15-7-5-11-3-1-2-4-12(11)9-15/h1-4,13,16H,5-10,14H2. The van der Waals surface area contributed by atoms with Crippen LogP contribution in [0.2, 0.25) is 0 Å². The Bertz CT molecular complexity index is 340. The zero-order valence-electron chi connectivity index (χ0n) is 9.60. The lowest BCUT2D eigenvalue weighted by atomic mass is 9.99. The third-order valence-corrected chi connectivity index (χ3v) is 3.26. The number of aliphatic hydroxyl groups excluding tert-OH is 1. The number of benzene rings is 1. The van der Waals surface area contributed by atoms with Crippen LogP contribution in [0.4, 0.5) is 0 Å². The molecular formula is C13H20N2O. The number of hydrogen-bond donors (Lipinski definition) is 2. The third-order valence-electron chi connectivity index (χ3n) is 3.26. The molecule has 88 valence electrons. The van der Waals surface area contributed by atoms with Crippen molar-refractivity contribution < 1.29 is 5.11 Å². The summed E-state index contributed by atoms with van der Waals surface area (Å²) in [5.41, 5.74) is 8.62. The molecule has 0 aromatic heterocycles. The molecule has 3 nitrogen and oxygen atoms in total. The maximum Gasteiger partial charge on any atom is 0.0583 e. The molecule has 1 heterocycles. The van der Waals surface area contributed by atoms with Crippen molar-refractivity contribution in [1.29, 1.82) is 0 Å². The summed E-state index contributed by atoms with van der Waals surface area (Å²) < 4.78 is 0. The molecule has 1 unspecified atom stereocenters. The molecular weight excluding hydrogens is 200 g/mol. The lowest BCUT2D eigenvalue weighted by molar-refractivity contribution is 0.214. The Morgan fingerprint density at radius 3 is 2.81 bits per heavy atom. The quantitative estimate of drug-likeness (QED) is 0.787. The van der Waals surface area contributed by atoms with E-state index in [2.05, 4.69) is 29.2 Å². The van der Waals surface area contributed by atoms with Crippen molar-refractivity contribution in [2.75, 3.05) is 19.7 Å². The van der Waals surface area contributed by atoms with Crippen LogP contribution in [0.25, 0.3) is 0 Å². The fraction of sp³-hybridized carbons (Fsp3) is 0.538. The number of hydrogen-bond acceptors (Lipinski definition) is 3. The molecule has 0 amide bonds. The van der Waals surface area contributed by atoms with Gasteiger partial charge in [-0.25, -0.2) is 0 Å². The summed E-state index contributed by atoms with van der Waals surface area (Å²) in [6.07, 6.45) is 2.00. The predicted octanol–water partition coefficient (Wildman–Crippen LogP) is 0.754. The fourth-order valence-electron chi connectivity index (χ4n) is 2.18. The van der Waals surface area contributed by atoms with Gasteiger partial charge in [0.15, 0.2) is 0 Å². The molecule has 3 heteroatoms. The van der Waals surface area contributed by atoms with Gasteiger partial charge in [-0.1, -0.05) is 24.3 Å². The second-order valence-corrected chi connectivity index (χ2v) is 4.53. The molecule has 0 saturated heterocycles. The maximum atomic E-state index is 8.88. The molecule has 0 fully saturated rings. The number of rotatable bonds is 4. The number of nitrogens with zero attached hydrogens (tertiary/aromatic N) is 1. The molecule has 0 radical (unpaired) electrons. The Hall–Kier alpha value is -0.900. The summed E-state index contributed by atoms with van der Waals surface area (Å²) in [4.78, 5) is 2.41. The summed E-state index contributed by atoms with van der Waals surface area (Å²) in [6, 6.07) is 8.55. The van der Waals surface area contributed by atoms with E-state index in [4.69, 9.17) is 10.8 Å². The zero-order valence-corrected chi connectivity index (χ0v) is 9.60. The topological polar surface area (TPSA) is 49.5 Å². The van der Waals surface area contributed by atoms with Gasteiger partial charge in [0.25, 0.3) is 0 Å². The van der Waals surface area contributed by atoms with E-state index in [1.165, 1.54) is 11.1 Å². The lowest BCUT2D eigenvalue weighted by Crippen LogP contribution is -2.35. The normalized spacial score (nSPS) is 18.1. The molecule has 3 N–H and O–H groups in total. The van der Waals surface area contributed by atoms with E-state index >= 15 is 0 Å². The van der Waals surface area contributed by atoms with E-state index in [1.807, 2.05) is 0 Å². The SMILES string of the molecule is NC(CO)CCN1CCc2ccccc2C1. The Balaban J connectivity index is 1.88. The van der Waals surface area contributed by atoms with Gasteiger partial charge in [-0.05, 0) is 24.0 Å². The minimum atomic E-state index is -0.0721. The minimum absolute atomic E-state index is 0.0721. The van der Waals surface area contributed by atoms with Gasteiger partial charge < -0.3 is 10.8 Å². The molecule has 0 bridgehead atoms. The second-order valence-electron chi connectivity index (χ2n) is 4.53. The van der Waals surface area contributed by atoms with Crippen molar-refractivity contribution in [2.24, 2.45) is 5.73 Å². The van der Waals surface area contributed by atoms with E-state index in [9.17, 15) is 0 Å². The molecule has 0 saturated carbocycles. The molecule has 1 aliphatic heterocycles. The highest BCUT2D eigenvalue weighted by Crippen LogP contribution is 2.18. The summed E-state index contributed by atoms with van der Waals surface area (Å²) >= 11 is 0. The third kappa shape index (κ3) is 2.82. The summed E-state index contributed by atoms with van der Waals surface area (Å²) in [5, 5.41) is 8.88. The van der Waals surface area contributed by atoms with Gasteiger partial charge in [-0.3, -0.25) is 4.90 Å². The molecule has 1 aliphatic rings. The van der Waals surface area contributed by atoms with Crippen LogP contribution in [0, 0.1) is 0 Å². The average molecular weight is 220 g/mol. The molecule has 1 aromatic carbocycles. The van der Waals surface area contributed by atoms with Crippen LogP contribution < -0.4 is 5.73 Å². The van der Waals surface area contributed by atoms with Gasteiger partial charge in [-0.15, -0.1) is 0 Å². The lowest BCUT2D eigenvalue weighted by Gasteiger charge is -2.29. The minimum Gasteiger partial charge on any atom is -0.395 e. The smallest absolute Gasteiger partial charge is 0.0583 e. The number of aliphatic hydroxyl groups is 1. The van der Waals surface area contributed by atoms with Crippen LogP contribution in [-0.2, 0) is 13.0 Å². The van der Waals surface area contributed by atoms with Gasteiger partial charge in [0.2, 0.25) is 0 Å². The van der Waals surface area contributed by atoms with Crippen molar-refractivity contribution in [1.82, 2.24) is 4.90 Å². The van der Waals surface area contributed by atoms with Crippen molar-refractivity contribution >= 4 is 0 Å². The molecule has 2 rings (SSSR count). The van der Waals surface area contributed by atoms with Crippen LogP contribution in [0.15, 0.2) is 24.3 Å². The Kier molecular flexibility index (Phi) is 3.93. The van der Waals surface area contributed by atoms with E-state index < -0.39 is 0 Å². The first-order valence-corrected chi connectivity index (χ1v) is 5.95. The van der Waals surface area contributed by atoms with Crippen LogP contribution in [0.3, 0.4) is 0 Å². The predicted molar refractivity (Wildman–Crippen MR) is 65.1 cm³/mol. The summed E-state index contributed by atoms with van der Waals surface area (Å²) in [7, 11) is 0. The molecule has 1 atom stereocenters. The molecule has 16 heavy (non-hydrogen) atoms. The van der Waals surface area contributed by atoms with Crippen molar-refractivity contribution in [3.63, 3.8) is 0 Å². The van der Waals surface area contributed by atoms with Crippen LogP contribution in [0.5, 0.6) is 0 Å². The summed E-state index contributed by atoms with van der Waals surface area (Å²) in [6.45, 7) is 3.20. The fourth-order valence-corrected chi connectivity index (χ4v) is 2.18. The van der Waals surface area contributed by atoms with Crippen molar-refractivity contribution in [3.05, 3.63) is 35.4 Å². The van der Waals surface area contributed by atoms with Crippen molar-refractivity contribution in [3.8, 4) is 0 Å². The van der Waals surface area contributed by atoms with E-state index in [0.29, 0.717) is 0 Å². The largest absolute Gasteiger partial charge is 0.395 e. The highest BCUT2D eigenvalue weighted by molar-refractivity contribution is 5.28. The van der Waals surface area contributed by atoms with E-state index in [0.717, 1.165) is 32.5 Å². The average Bonchev–Trinajstić information content (AvgIpc) is 2.35. The van der Waals surface area contributed by atoms with Gasteiger partial charge in [-0.2, -0.15) is 0 Å². The zero-order chi connectivity index (χ0) is 11.4. The Labute approximate surface area is 96.9 Å². The molecule has 0 aliphatic carbocycles. The Morgan fingerprint density at radius 1 is 1.31 bits per heavy atom. The molecule has 1 aromatic rings. The van der Waals surface area contributed by atoms with E-state index in [1.54, 1.807) is 0 Å². The highest BCUT2D eigenvalue weighted by atomic mass is 16.3. The van der Waals surface area contributed by atoms with Crippen molar-refractivity contribution in [2.45, 2.75) is 25.4 Å². The van der Waals surface area contributed by atoms with Gasteiger partial charge in [0, 0.05) is 25.7 Å². The first kappa shape index (κ1) is 11.6. The van der Waals surface area contributed by atoms with E-state index in [-0.39, 0.29) is 12.6 Å². The highest BCUT2D eigenvalue weighted by Gasteiger charge is 2.15. The Morgan fingerprint density at radius 2 is 2.06 bits per heavy atom. The number of fused-ring (bicyclic) bond motifs is 1. The van der Waals surface area contributed by atoms with Gasteiger partial charge in [0.05, 0.1) is 6.61 Å². The number of nitrogens with two attached hydrogens (primary N) is 1. The molecule has 0 spiro atoms. The first-order chi connectivity index (χ1) is 7.79. The maximum absolute atomic E-state index is 8.88. The monoisotopic (exact) mass is 220 g/mol. The van der Waals surface area contributed by atoms with Crippen LogP contribution in [-0.4, -0.2) is 35.7 Å². The summed E-state index contributed by atoms with van der Waals surface area (Å²) in [5.74, 6) is 0. The van der Waals surface area contributed by atoms with Crippen LogP contribution >= 0.6 is 0 Å².